The summed E-state index contributed by atoms with van der Waals surface area (Å²) >= 11 is 0. The van der Waals surface area contributed by atoms with Crippen LogP contribution in [-0.4, -0.2) is 18.1 Å². The molecule has 2 atom stereocenters. The number of hydrogen-bond donors (Lipinski definition) is 2. The molecule has 1 fully saturated rings. The van der Waals surface area contributed by atoms with Crippen LogP contribution in [0.15, 0.2) is 24.3 Å². The van der Waals surface area contributed by atoms with Crippen molar-refractivity contribution >= 4 is 11.6 Å². The maximum Gasteiger partial charge on any atom is 0.229 e. The van der Waals surface area contributed by atoms with E-state index in [0.29, 0.717) is 5.75 Å². The summed E-state index contributed by atoms with van der Waals surface area (Å²) in [5.41, 5.74) is 6.89. The summed E-state index contributed by atoms with van der Waals surface area (Å²) in [6.07, 6.45) is 5.25. The van der Waals surface area contributed by atoms with E-state index in [1.54, 1.807) is 0 Å². The highest BCUT2D eigenvalue weighted by atomic mass is 16.5. The standard InChI is InChI=1S/C17H26N2O2/c1-12(2)21-16-11-7-6-10-15(16)19-17(20)13-8-4-3-5-9-14(13)18/h6-7,10-14H,3-5,8-9,18H2,1-2H3,(H,19,20). The van der Waals surface area contributed by atoms with Crippen molar-refractivity contribution in [3.63, 3.8) is 0 Å². The maximum atomic E-state index is 12.5. The highest BCUT2D eigenvalue weighted by Crippen LogP contribution is 2.28. The van der Waals surface area contributed by atoms with Crippen LogP contribution >= 0.6 is 0 Å². The second-order valence-electron chi connectivity index (χ2n) is 6.06. The summed E-state index contributed by atoms with van der Waals surface area (Å²) in [4.78, 5) is 12.5. The van der Waals surface area contributed by atoms with Gasteiger partial charge in [-0.2, -0.15) is 0 Å². The molecule has 21 heavy (non-hydrogen) atoms. The number of carbonyl (C=O) groups is 1. The third-order valence-electron chi connectivity index (χ3n) is 3.91. The van der Waals surface area contributed by atoms with Crippen LogP contribution in [0.4, 0.5) is 5.69 Å². The van der Waals surface area contributed by atoms with Crippen molar-refractivity contribution in [3.8, 4) is 5.75 Å². The molecule has 0 radical (unpaired) electrons. The molecule has 0 aromatic heterocycles. The van der Waals surface area contributed by atoms with Gasteiger partial charge in [-0.25, -0.2) is 0 Å². The van der Waals surface area contributed by atoms with Gasteiger partial charge >= 0.3 is 0 Å². The van der Waals surface area contributed by atoms with Crippen LogP contribution in [0.5, 0.6) is 5.75 Å². The highest BCUT2D eigenvalue weighted by molar-refractivity contribution is 5.94. The Morgan fingerprint density at radius 3 is 2.71 bits per heavy atom. The largest absolute Gasteiger partial charge is 0.489 e. The molecule has 1 saturated carbocycles. The van der Waals surface area contributed by atoms with Crippen LogP contribution in [0.1, 0.15) is 46.0 Å². The van der Waals surface area contributed by atoms with E-state index in [0.717, 1.165) is 31.4 Å². The zero-order valence-corrected chi connectivity index (χ0v) is 13.0. The van der Waals surface area contributed by atoms with Gasteiger partial charge in [-0.05, 0) is 38.8 Å². The Bertz CT molecular complexity index is 474. The maximum absolute atomic E-state index is 12.5. The number of para-hydroxylation sites is 2. The van der Waals surface area contributed by atoms with Crippen LogP contribution in [0, 0.1) is 5.92 Å². The zero-order chi connectivity index (χ0) is 15.2. The number of nitrogens with two attached hydrogens (primary N) is 1. The van der Waals surface area contributed by atoms with Crippen LogP contribution in [0.2, 0.25) is 0 Å². The lowest BCUT2D eigenvalue weighted by molar-refractivity contribution is -0.120. The van der Waals surface area contributed by atoms with Gasteiger partial charge in [0.05, 0.1) is 17.7 Å². The van der Waals surface area contributed by atoms with Crippen LogP contribution < -0.4 is 15.8 Å². The molecule has 4 nitrogen and oxygen atoms in total. The van der Waals surface area contributed by atoms with Crippen molar-refractivity contribution < 1.29 is 9.53 Å². The summed E-state index contributed by atoms with van der Waals surface area (Å²) in [7, 11) is 0. The Labute approximate surface area is 127 Å². The average Bonchev–Trinajstić information content (AvgIpc) is 2.65. The van der Waals surface area contributed by atoms with E-state index in [-0.39, 0.29) is 24.0 Å². The number of nitrogens with one attached hydrogen (secondary N) is 1. The van der Waals surface area contributed by atoms with E-state index in [9.17, 15) is 4.79 Å². The van der Waals surface area contributed by atoms with E-state index >= 15 is 0 Å². The predicted molar refractivity (Wildman–Crippen MR) is 85.4 cm³/mol. The fraction of sp³-hybridized carbons (Fsp3) is 0.588. The van der Waals surface area contributed by atoms with Gasteiger partial charge in [-0.3, -0.25) is 4.79 Å². The topological polar surface area (TPSA) is 64.3 Å². The Morgan fingerprint density at radius 1 is 1.24 bits per heavy atom. The minimum Gasteiger partial charge on any atom is -0.489 e. The number of anilines is 1. The van der Waals surface area contributed by atoms with Gasteiger partial charge in [0.2, 0.25) is 5.91 Å². The molecule has 0 spiro atoms. The third kappa shape index (κ3) is 4.46. The first-order valence-electron chi connectivity index (χ1n) is 7.90. The van der Waals surface area contributed by atoms with Gasteiger partial charge in [0.1, 0.15) is 5.75 Å². The fourth-order valence-electron chi connectivity index (χ4n) is 2.81. The first kappa shape index (κ1) is 15.8. The minimum absolute atomic E-state index is 0.0178. The molecule has 1 aliphatic rings. The van der Waals surface area contributed by atoms with Crippen molar-refractivity contribution in [3.05, 3.63) is 24.3 Å². The Hall–Kier alpha value is -1.55. The summed E-state index contributed by atoms with van der Waals surface area (Å²) in [6, 6.07) is 7.52. The fourth-order valence-corrected chi connectivity index (χ4v) is 2.81. The molecule has 0 saturated heterocycles. The summed E-state index contributed by atoms with van der Waals surface area (Å²) < 4.78 is 5.74. The molecule has 4 heteroatoms. The van der Waals surface area contributed by atoms with Crippen molar-refractivity contribution in [2.75, 3.05) is 5.32 Å². The summed E-state index contributed by atoms with van der Waals surface area (Å²) in [5.74, 6) is 0.631. The number of ether oxygens (including phenoxy) is 1. The molecule has 1 aromatic rings. The van der Waals surface area contributed by atoms with Gasteiger partial charge in [-0.1, -0.05) is 31.4 Å². The lowest BCUT2D eigenvalue weighted by atomic mass is 9.94. The number of amides is 1. The van der Waals surface area contributed by atoms with Crippen molar-refractivity contribution in [1.82, 2.24) is 0 Å². The molecule has 2 unspecified atom stereocenters. The second kappa shape index (κ2) is 7.46. The lowest BCUT2D eigenvalue weighted by Gasteiger charge is -2.22. The number of benzene rings is 1. The van der Waals surface area contributed by atoms with Gasteiger partial charge in [0.15, 0.2) is 0 Å². The van der Waals surface area contributed by atoms with Crippen molar-refractivity contribution in [1.29, 1.82) is 0 Å². The molecule has 0 heterocycles. The molecule has 0 bridgehead atoms. The molecule has 1 aromatic carbocycles. The highest BCUT2D eigenvalue weighted by Gasteiger charge is 2.27. The monoisotopic (exact) mass is 290 g/mol. The van der Waals surface area contributed by atoms with E-state index in [2.05, 4.69) is 5.32 Å². The molecule has 116 valence electrons. The van der Waals surface area contributed by atoms with E-state index in [4.69, 9.17) is 10.5 Å². The summed E-state index contributed by atoms with van der Waals surface area (Å²) in [6.45, 7) is 3.94. The molecule has 3 N–H and O–H groups in total. The van der Waals surface area contributed by atoms with Gasteiger partial charge < -0.3 is 15.8 Å². The number of carbonyl (C=O) groups excluding carboxylic acids is 1. The van der Waals surface area contributed by atoms with Crippen molar-refractivity contribution in [2.45, 2.75) is 58.1 Å². The molecule has 1 aliphatic carbocycles. The van der Waals surface area contributed by atoms with Gasteiger partial charge in [0, 0.05) is 6.04 Å². The number of hydrogen-bond acceptors (Lipinski definition) is 3. The zero-order valence-electron chi connectivity index (χ0n) is 13.0. The minimum atomic E-state index is -0.0976. The molecule has 2 rings (SSSR count). The molecular formula is C17H26N2O2. The van der Waals surface area contributed by atoms with Gasteiger partial charge in [0.25, 0.3) is 0 Å². The first-order chi connectivity index (χ1) is 10.1. The third-order valence-corrected chi connectivity index (χ3v) is 3.91. The Morgan fingerprint density at radius 2 is 1.95 bits per heavy atom. The SMILES string of the molecule is CC(C)Oc1ccccc1NC(=O)C1CCCCCC1N. The quantitative estimate of drug-likeness (QED) is 0.836. The van der Waals surface area contributed by atoms with Crippen molar-refractivity contribution in [2.24, 2.45) is 11.7 Å². The van der Waals surface area contributed by atoms with Crippen LogP contribution in [0.3, 0.4) is 0 Å². The smallest absolute Gasteiger partial charge is 0.229 e. The second-order valence-corrected chi connectivity index (χ2v) is 6.06. The normalized spacial score (nSPS) is 22.7. The average molecular weight is 290 g/mol. The summed E-state index contributed by atoms with van der Waals surface area (Å²) in [5, 5.41) is 3.00. The predicted octanol–water partition coefficient (Wildman–Crippen LogP) is 3.32. The molecule has 1 amide bonds. The molecular weight excluding hydrogens is 264 g/mol. The molecule has 0 aliphatic heterocycles. The van der Waals surface area contributed by atoms with E-state index in [1.165, 1.54) is 6.42 Å². The lowest BCUT2D eigenvalue weighted by Crippen LogP contribution is -2.37. The first-order valence-corrected chi connectivity index (χ1v) is 7.90. The van der Waals surface area contributed by atoms with Gasteiger partial charge in [-0.15, -0.1) is 0 Å². The Balaban J connectivity index is 2.08. The van der Waals surface area contributed by atoms with E-state index in [1.807, 2.05) is 38.1 Å². The van der Waals surface area contributed by atoms with Crippen LogP contribution in [0.25, 0.3) is 0 Å². The Kier molecular flexibility index (Phi) is 5.62. The van der Waals surface area contributed by atoms with Crippen LogP contribution in [-0.2, 0) is 4.79 Å². The van der Waals surface area contributed by atoms with E-state index < -0.39 is 0 Å². The number of rotatable bonds is 4.